The minimum Gasteiger partial charge on any atom is -0.352 e. The number of hydrogen-bond acceptors (Lipinski definition) is 4. The van der Waals surface area contributed by atoms with Gasteiger partial charge in [0.1, 0.15) is 6.04 Å². The van der Waals surface area contributed by atoms with E-state index >= 15 is 0 Å². The predicted octanol–water partition coefficient (Wildman–Crippen LogP) is 5.26. The molecule has 0 spiro atoms. The highest BCUT2D eigenvalue weighted by molar-refractivity contribution is 7.92. The Hall–Kier alpha value is -2.29. The summed E-state index contributed by atoms with van der Waals surface area (Å²) in [5, 5.41) is 3.74. The van der Waals surface area contributed by atoms with Gasteiger partial charge in [-0.2, -0.15) is 0 Å². The maximum atomic E-state index is 13.4. The summed E-state index contributed by atoms with van der Waals surface area (Å²) in [6, 6.07) is 13.2. The number of nitrogens with one attached hydrogen (secondary N) is 1. The Bertz CT molecular complexity index is 1130. The van der Waals surface area contributed by atoms with Gasteiger partial charge >= 0.3 is 0 Å². The summed E-state index contributed by atoms with van der Waals surface area (Å²) in [5.41, 5.74) is 1.29. The Morgan fingerprint density at radius 1 is 1.00 bits per heavy atom. The first kappa shape index (κ1) is 29.9. The summed E-state index contributed by atoms with van der Waals surface area (Å²) in [5.74, 6) is -0.462. The SMILES string of the molecule is CC[C@H](C(=O)N[C@@H](C)CC)N(Cc1ccc(Cl)c(Cl)c1)C(=O)CCCN(c1ccccc1)S(C)(=O)=O. The lowest BCUT2D eigenvalue weighted by molar-refractivity contribution is -0.141. The molecule has 0 aliphatic rings. The maximum Gasteiger partial charge on any atom is 0.243 e. The predicted molar refractivity (Wildman–Crippen MR) is 147 cm³/mol. The van der Waals surface area contributed by atoms with E-state index in [0.717, 1.165) is 18.2 Å². The van der Waals surface area contributed by atoms with Crippen molar-refractivity contribution in [3.8, 4) is 0 Å². The number of hydrogen-bond donors (Lipinski definition) is 1. The number of para-hydroxylation sites is 1. The van der Waals surface area contributed by atoms with Crippen LogP contribution in [0.2, 0.25) is 10.0 Å². The van der Waals surface area contributed by atoms with Crippen LogP contribution in [0.1, 0.15) is 52.0 Å². The summed E-state index contributed by atoms with van der Waals surface area (Å²) in [4.78, 5) is 28.1. The van der Waals surface area contributed by atoms with Gasteiger partial charge in [-0.25, -0.2) is 8.42 Å². The third-order valence-electron chi connectivity index (χ3n) is 5.92. The molecule has 0 aromatic heterocycles. The zero-order valence-corrected chi connectivity index (χ0v) is 23.5. The minimum absolute atomic E-state index is 0.0253. The summed E-state index contributed by atoms with van der Waals surface area (Å²) >= 11 is 12.2. The molecule has 36 heavy (non-hydrogen) atoms. The molecule has 0 unspecified atom stereocenters. The fraction of sp³-hybridized carbons (Fsp3) is 0.462. The zero-order valence-electron chi connectivity index (χ0n) is 21.2. The van der Waals surface area contributed by atoms with Gasteiger partial charge in [0.2, 0.25) is 21.8 Å². The molecule has 0 aliphatic heterocycles. The van der Waals surface area contributed by atoms with Crippen molar-refractivity contribution in [2.75, 3.05) is 17.1 Å². The highest BCUT2D eigenvalue weighted by atomic mass is 35.5. The van der Waals surface area contributed by atoms with Gasteiger partial charge in [0.25, 0.3) is 0 Å². The average Bonchev–Trinajstić information content (AvgIpc) is 2.83. The lowest BCUT2D eigenvalue weighted by Crippen LogP contribution is -2.50. The number of amides is 2. The van der Waals surface area contributed by atoms with Crippen molar-refractivity contribution in [1.29, 1.82) is 0 Å². The first-order valence-electron chi connectivity index (χ1n) is 12.0. The monoisotopic (exact) mass is 555 g/mol. The second-order valence-corrected chi connectivity index (χ2v) is 11.5. The van der Waals surface area contributed by atoms with Crippen LogP contribution in [-0.4, -0.2) is 50.0 Å². The van der Waals surface area contributed by atoms with Gasteiger partial charge in [0.05, 0.1) is 22.0 Å². The number of anilines is 1. The van der Waals surface area contributed by atoms with Gasteiger partial charge in [-0.3, -0.25) is 13.9 Å². The van der Waals surface area contributed by atoms with Crippen LogP contribution >= 0.6 is 23.2 Å². The highest BCUT2D eigenvalue weighted by Crippen LogP contribution is 2.25. The van der Waals surface area contributed by atoms with Gasteiger partial charge in [-0.1, -0.05) is 61.3 Å². The Morgan fingerprint density at radius 3 is 2.22 bits per heavy atom. The molecule has 2 atom stereocenters. The molecule has 198 valence electrons. The molecule has 0 fully saturated rings. The van der Waals surface area contributed by atoms with Crippen LogP contribution in [0.4, 0.5) is 5.69 Å². The number of rotatable bonds is 13. The van der Waals surface area contributed by atoms with Gasteiger partial charge < -0.3 is 10.2 Å². The summed E-state index contributed by atoms with van der Waals surface area (Å²) in [7, 11) is -3.53. The molecule has 0 heterocycles. The second-order valence-electron chi connectivity index (χ2n) is 8.79. The number of sulfonamides is 1. The molecule has 0 aliphatic carbocycles. The largest absolute Gasteiger partial charge is 0.352 e. The van der Waals surface area contributed by atoms with Crippen molar-refractivity contribution in [1.82, 2.24) is 10.2 Å². The van der Waals surface area contributed by atoms with E-state index in [1.54, 1.807) is 47.4 Å². The van der Waals surface area contributed by atoms with Crippen molar-refractivity contribution in [2.45, 2.75) is 65.1 Å². The molecular weight excluding hydrogens is 521 g/mol. The molecule has 1 N–H and O–H groups in total. The van der Waals surface area contributed by atoms with Crippen LogP contribution in [0.25, 0.3) is 0 Å². The normalized spacial score (nSPS) is 13.1. The standard InChI is InChI=1S/C26H35Cl2N3O4S/c1-5-19(3)29-26(33)24(6-2)30(18-20-14-15-22(27)23(28)17-20)25(32)13-10-16-31(36(4,34)35)21-11-8-7-9-12-21/h7-9,11-12,14-15,17,19,24H,5-6,10,13,16,18H2,1-4H3,(H,29,33)/t19-,24+/m0/s1. The first-order chi connectivity index (χ1) is 17.0. The molecule has 2 rings (SSSR count). The first-order valence-corrected chi connectivity index (χ1v) is 14.6. The van der Waals surface area contributed by atoms with Crippen LogP contribution in [-0.2, 0) is 26.2 Å². The van der Waals surface area contributed by atoms with E-state index in [0.29, 0.717) is 28.6 Å². The minimum atomic E-state index is -3.53. The molecule has 0 bridgehead atoms. The molecule has 0 radical (unpaired) electrons. The van der Waals surface area contributed by atoms with Gasteiger partial charge in [0.15, 0.2) is 0 Å². The van der Waals surface area contributed by atoms with E-state index in [9.17, 15) is 18.0 Å². The fourth-order valence-electron chi connectivity index (χ4n) is 3.79. The average molecular weight is 557 g/mol. The quantitative estimate of drug-likeness (QED) is 0.365. The van der Waals surface area contributed by atoms with Gasteiger partial charge in [0, 0.05) is 25.6 Å². The van der Waals surface area contributed by atoms with Crippen LogP contribution in [0.5, 0.6) is 0 Å². The van der Waals surface area contributed by atoms with E-state index in [1.807, 2.05) is 26.8 Å². The van der Waals surface area contributed by atoms with Crippen molar-refractivity contribution in [3.05, 3.63) is 64.1 Å². The topological polar surface area (TPSA) is 86.8 Å². The van der Waals surface area contributed by atoms with Crippen LogP contribution in [0.15, 0.2) is 48.5 Å². The Morgan fingerprint density at radius 2 is 1.67 bits per heavy atom. The van der Waals surface area contributed by atoms with E-state index in [2.05, 4.69) is 5.32 Å². The Kier molecular flexibility index (Phi) is 11.5. The fourth-order valence-corrected chi connectivity index (χ4v) is 5.08. The number of halogens is 2. The number of nitrogens with zero attached hydrogens (tertiary/aromatic N) is 2. The third kappa shape index (κ3) is 8.68. The highest BCUT2D eigenvalue weighted by Gasteiger charge is 2.29. The Labute approximate surface area is 224 Å². The van der Waals surface area contributed by atoms with E-state index in [4.69, 9.17) is 23.2 Å². The van der Waals surface area contributed by atoms with Crippen LogP contribution in [0, 0.1) is 0 Å². The zero-order chi connectivity index (χ0) is 26.9. The van der Waals surface area contributed by atoms with E-state index < -0.39 is 16.1 Å². The smallest absolute Gasteiger partial charge is 0.243 e. The molecule has 2 aromatic carbocycles. The van der Waals surface area contributed by atoms with Crippen LogP contribution in [0.3, 0.4) is 0 Å². The number of carbonyl (C=O) groups is 2. The molecule has 7 nitrogen and oxygen atoms in total. The lowest BCUT2D eigenvalue weighted by Gasteiger charge is -2.32. The van der Waals surface area contributed by atoms with E-state index in [1.165, 1.54) is 4.31 Å². The molecule has 0 saturated carbocycles. The van der Waals surface area contributed by atoms with Crippen molar-refractivity contribution in [2.24, 2.45) is 0 Å². The number of carbonyl (C=O) groups excluding carboxylic acids is 2. The van der Waals surface area contributed by atoms with Crippen molar-refractivity contribution in [3.63, 3.8) is 0 Å². The van der Waals surface area contributed by atoms with Gasteiger partial charge in [-0.15, -0.1) is 0 Å². The molecule has 0 saturated heterocycles. The number of benzene rings is 2. The second kappa shape index (κ2) is 13.9. The molecule has 2 amide bonds. The summed E-state index contributed by atoms with van der Waals surface area (Å²) < 4.78 is 26.0. The lowest BCUT2D eigenvalue weighted by atomic mass is 10.1. The molecule has 2 aromatic rings. The molecule has 10 heteroatoms. The third-order valence-corrected chi connectivity index (χ3v) is 7.85. The van der Waals surface area contributed by atoms with Crippen molar-refractivity contribution >= 4 is 50.7 Å². The maximum absolute atomic E-state index is 13.4. The molecular formula is C26H35Cl2N3O4S. The summed E-state index contributed by atoms with van der Waals surface area (Å²) in [6.07, 6.45) is 2.71. The Balaban J connectivity index is 2.24. The van der Waals surface area contributed by atoms with Crippen LogP contribution < -0.4 is 9.62 Å². The van der Waals surface area contributed by atoms with E-state index in [-0.39, 0.29) is 37.4 Å². The summed E-state index contributed by atoms with van der Waals surface area (Å²) in [6.45, 7) is 6.07. The van der Waals surface area contributed by atoms with Gasteiger partial charge in [-0.05, 0) is 56.0 Å². The van der Waals surface area contributed by atoms with Crippen molar-refractivity contribution < 1.29 is 18.0 Å².